The van der Waals surface area contributed by atoms with E-state index in [1.807, 2.05) is 36.7 Å². The highest BCUT2D eigenvalue weighted by Gasteiger charge is 2.28. The average Bonchev–Trinajstić information content (AvgIpc) is 2.93. The number of benzene rings is 1. The van der Waals surface area contributed by atoms with Crippen molar-refractivity contribution in [2.45, 2.75) is 39.8 Å². The number of aromatic nitrogens is 2. The number of aryl methyl sites for hydroxylation is 1. The predicted molar refractivity (Wildman–Crippen MR) is 101 cm³/mol. The van der Waals surface area contributed by atoms with Crippen LogP contribution in [-0.2, 0) is 17.9 Å². The van der Waals surface area contributed by atoms with Crippen molar-refractivity contribution in [1.82, 2.24) is 20.0 Å². The van der Waals surface area contributed by atoms with Gasteiger partial charge in [0.25, 0.3) is 0 Å². The fourth-order valence-corrected chi connectivity index (χ4v) is 3.54. The average molecular weight is 370 g/mol. The fourth-order valence-electron chi connectivity index (χ4n) is 3.54. The van der Waals surface area contributed by atoms with Crippen molar-refractivity contribution in [3.63, 3.8) is 0 Å². The number of hydrogen-bond donors (Lipinski definition) is 2. The molecule has 2 heterocycles. The van der Waals surface area contributed by atoms with Gasteiger partial charge in [-0.05, 0) is 32.3 Å². The van der Waals surface area contributed by atoms with Gasteiger partial charge in [-0.25, -0.2) is 4.79 Å². The second kappa shape index (κ2) is 8.24. The molecule has 3 rings (SSSR count). The third kappa shape index (κ3) is 4.48. The Hall–Kier alpha value is -2.83. The summed E-state index contributed by atoms with van der Waals surface area (Å²) in [5.41, 5.74) is 4.10. The van der Waals surface area contributed by atoms with Gasteiger partial charge < -0.3 is 15.3 Å². The summed E-state index contributed by atoms with van der Waals surface area (Å²) >= 11 is 0. The first kappa shape index (κ1) is 18.9. The second-order valence-electron chi connectivity index (χ2n) is 7.07. The summed E-state index contributed by atoms with van der Waals surface area (Å²) in [5.74, 6) is -1.30. The minimum Gasteiger partial charge on any atom is -0.481 e. The van der Waals surface area contributed by atoms with Crippen LogP contribution in [0.2, 0.25) is 0 Å². The SMILES string of the molecule is Cc1nn(Cc2ccccc2)c(C)c1CNC(=O)N1CCCC(C(=O)O)C1. The van der Waals surface area contributed by atoms with E-state index in [9.17, 15) is 14.7 Å². The standard InChI is InChI=1S/C20H26N4O3/c1-14-18(15(2)24(22-14)12-16-7-4-3-5-8-16)11-21-20(27)23-10-6-9-17(13-23)19(25)26/h3-5,7-8,17H,6,9-13H2,1-2H3,(H,21,27)(H,25,26). The van der Waals surface area contributed by atoms with Crippen molar-refractivity contribution >= 4 is 12.0 Å². The van der Waals surface area contributed by atoms with Crippen molar-refractivity contribution < 1.29 is 14.7 Å². The molecule has 0 aliphatic carbocycles. The molecular formula is C20H26N4O3. The molecule has 0 spiro atoms. The lowest BCUT2D eigenvalue weighted by Gasteiger charge is -2.30. The number of aliphatic carboxylic acids is 1. The Labute approximate surface area is 159 Å². The summed E-state index contributed by atoms with van der Waals surface area (Å²) in [6.45, 7) is 5.89. The van der Waals surface area contributed by atoms with Crippen molar-refractivity contribution in [2.75, 3.05) is 13.1 Å². The summed E-state index contributed by atoms with van der Waals surface area (Å²) in [6, 6.07) is 9.91. The molecule has 2 amide bonds. The quantitative estimate of drug-likeness (QED) is 0.847. The summed E-state index contributed by atoms with van der Waals surface area (Å²) in [4.78, 5) is 25.2. The molecule has 1 atom stereocenters. The Morgan fingerprint density at radius 3 is 2.70 bits per heavy atom. The lowest BCUT2D eigenvalue weighted by atomic mass is 9.99. The third-order valence-corrected chi connectivity index (χ3v) is 5.18. The minimum atomic E-state index is -0.832. The fraction of sp³-hybridized carbons (Fsp3) is 0.450. The number of rotatable bonds is 5. The summed E-state index contributed by atoms with van der Waals surface area (Å²) in [7, 11) is 0. The molecule has 1 aliphatic rings. The Bertz CT molecular complexity index is 816. The van der Waals surface area contributed by atoms with Crippen LogP contribution in [0.1, 0.15) is 35.4 Å². The maximum Gasteiger partial charge on any atom is 0.317 e. The van der Waals surface area contributed by atoms with Crippen LogP contribution in [-0.4, -0.2) is 44.9 Å². The van der Waals surface area contributed by atoms with Gasteiger partial charge >= 0.3 is 12.0 Å². The number of nitrogens with zero attached hydrogens (tertiary/aromatic N) is 3. The maximum absolute atomic E-state index is 12.5. The summed E-state index contributed by atoms with van der Waals surface area (Å²) in [5, 5.41) is 16.7. The largest absolute Gasteiger partial charge is 0.481 e. The number of carboxylic acids is 1. The molecular weight excluding hydrogens is 344 g/mol. The van der Waals surface area contributed by atoms with Gasteiger partial charge in [0.2, 0.25) is 0 Å². The molecule has 1 fully saturated rings. The molecule has 1 saturated heterocycles. The van der Waals surface area contributed by atoms with Gasteiger partial charge in [-0.1, -0.05) is 30.3 Å². The first-order chi connectivity index (χ1) is 13.0. The van der Waals surface area contributed by atoms with Gasteiger partial charge in [0.1, 0.15) is 0 Å². The Morgan fingerprint density at radius 1 is 1.26 bits per heavy atom. The highest BCUT2D eigenvalue weighted by molar-refractivity contribution is 5.76. The molecule has 7 heteroatoms. The van der Waals surface area contributed by atoms with Gasteiger partial charge in [-0.3, -0.25) is 9.48 Å². The van der Waals surface area contributed by atoms with E-state index < -0.39 is 11.9 Å². The zero-order chi connectivity index (χ0) is 19.4. The van der Waals surface area contributed by atoms with Crippen molar-refractivity contribution in [3.8, 4) is 0 Å². The number of amides is 2. The minimum absolute atomic E-state index is 0.212. The number of urea groups is 1. The molecule has 27 heavy (non-hydrogen) atoms. The Kier molecular flexibility index (Phi) is 5.78. The molecule has 0 bridgehead atoms. The topological polar surface area (TPSA) is 87.5 Å². The van der Waals surface area contributed by atoms with Crippen molar-refractivity contribution in [2.24, 2.45) is 5.92 Å². The van der Waals surface area contributed by atoms with E-state index in [0.717, 1.165) is 23.4 Å². The van der Waals surface area contributed by atoms with E-state index in [0.29, 0.717) is 26.1 Å². The number of carboxylic acid groups (broad SMARTS) is 1. The van der Waals surface area contributed by atoms with E-state index in [-0.39, 0.29) is 12.6 Å². The van der Waals surface area contributed by atoms with Gasteiger partial charge in [0.15, 0.2) is 0 Å². The van der Waals surface area contributed by atoms with Crippen LogP contribution >= 0.6 is 0 Å². The number of nitrogens with one attached hydrogen (secondary N) is 1. The number of carbonyl (C=O) groups is 2. The van der Waals surface area contributed by atoms with Crippen molar-refractivity contribution in [3.05, 3.63) is 52.8 Å². The Morgan fingerprint density at radius 2 is 2.00 bits per heavy atom. The molecule has 1 aromatic heterocycles. The van der Waals surface area contributed by atoms with Crippen LogP contribution in [0.15, 0.2) is 30.3 Å². The number of likely N-dealkylation sites (tertiary alicyclic amines) is 1. The number of piperidine rings is 1. The maximum atomic E-state index is 12.5. The van der Waals surface area contributed by atoms with E-state index in [4.69, 9.17) is 0 Å². The molecule has 1 aliphatic heterocycles. The smallest absolute Gasteiger partial charge is 0.317 e. The first-order valence-electron chi connectivity index (χ1n) is 9.28. The molecule has 7 nitrogen and oxygen atoms in total. The monoisotopic (exact) mass is 370 g/mol. The lowest BCUT2D eigenvalue weighted by molar-refractivity contribution is -0.143. The third-order valence-electron chi connectivity index (χ3n) is 5.18. The number of carbonyl (C=O) groups excluding carboxylic acids is 1. The molecule has 1 aromatic carbocycles. The highest BCUT2D eigenvalue weighted by atomic mass is 16.4. The van der Waals surface area contributed by atoms with E-state index >= 15 is 0 Å². The van der Waals surface area contributed by atoms with Crippen LogP contribution in [0.5, 0.6) is 0 Å². The zero-order valence-electron chi connectivity index (χ0n) is 15.8. The molecule has 0 radical (unpaired) electrons. The summed E-state index contributed by atoms with van der Waals surface area (Å²) in [6.07, 6.45) is 1.35. The van der Waals surface area contributed by atoms with Gasteiger partial charge in [-0.15, -0.1) is 0 Å². The van der Waals surface area contributed by atoms with Gasteiger partial charge in [0.05, 0.1) is 18.2 Å². The normalized spacial score (nSPS) is 17.0. The van der Waals surface area contributed by atoms with Crippen LogP contribution in [0.4, 0.5) is 4.79 Å². The van der Waals surface area contributed by atoms with Gasteiger partial charge in [0, 0.05) is 30.9 Å². The number of hydrogen-bond acceptors (Lipinski definition) is 3. The van der Waals surface area contributed by atoms with Crippen LogP contribution in [0, 0.1) is 19.8 Å². The van der Waals surface area contributed by atoms with E-state index in [2.05, 4.69) is 22.5 Å². The molecule has 0 saturated carbocycles. The molecule has 2 aromatic rings. The molecule has 1 unspecified atom stereocenters. The van der Waals surface area contributed by atoms with Crippen LogP contribution < -0.4 is 5.32 Å². The van der Waals surface area contributed by atoms with Crippen LogP contribution in [0.25, 0.3) is 0 Å². The van der Waals surface area contributed by atoms with E-state index in [1.54, 1.807) is 4.90 Å². The van der Waals surface area contributed by atoms with Crippen molar-refractivity contribution in [1.29, 1.82) is 0 Å². The van der Waals surface area contributed by atoms with Gasteiger partial charge in [-0.2, -0.15) is 5.10 Å². The zero-order valence-corrected chi connectivity index (χ0v) is 15.8. The van der Waals surface area contributed by atoms with Crippen LogP contribution in [0.3, 0.4) is 0 Å². The Balaban J connectivity index is 1.62. The second-order valence-corrected chi connectivity index (χ2v) is 7.07. The van der Waals surface area contributed by atoms with E-state index in [1.165, 1.54) is 5.56 Å². The summed E-state index contributed by atoms with van der Waals surface area (Å²) < 4.78 is 1.95. The lowest BCUT2D eigenvalue weighted by Crippen LogP contribution is -2.46. The predicted octanol–water partition coefficient (Wildman–Crippen LogP) is 2.55. The molecule has 144 valence electrons. The molecule has 2 N–H and O–H groups in total. The highest BCUT2D eigenvalue weighted by Crippen LogP contribution is 2.18. The first-order valence-corrected chi connectivity index (χ1v) is 9.28.